The molecule has 0 saturated heterocycles. The van der Waals surface area contributed by atoms with Crippen LogP contribution in [0.3, 0.4) is 0 Å². The molecule has 0 saturated carbocycles. The van der Waals surface area contributed by atoms with E-state index in [1.807, 2.05) is 0 Å². The average molecular weight is 267 g/mol. The summed E-state index contributed by atoms with van der Waals surface area (Å²) in [6.45, 7) is 6.33. The van der Waals surface area contributed by atoms with Gasteiger partial charge in [0.15, 0.2) is 0 Å². The van der Waals surface area contributed by atoms with Gasteiger partial charge in [0.25, 0.3) is 0 Å². The summed E-state index contributed by atoms with van der Waals surface area (Å²) in [5, 5.41) is 0.285. The van der Waals surface area contributed by atoms with Crippen molar-refractivity contribution in [3.8, 4) is 0 Å². The summed E-state index contributed by atoms with van der Waals surface area (Å²) in [5.41, 5.74) is 1.30. The third kappa shape index (κ3) is 2.94. The van der Waals surface area contributed by atoms with Gasteiger partial charge >= 0.3 is 97.5 Å². The zero-order valence-electron chi connectivity index (χ0n) is 9.36. The molecule has 1 heterocycles. The van der Waals surface area contributed by atoms with Gasteiger partial charge in [-0.15, -0.1) is 0 Å². The predicted molar refractivity (Wildman–Crippen MR) is 65.5 cm³/mol. The van der Waals surface area contributed by atoms with Crippen LogP contribution in [-0.2, 0) is 4.74 Å². The second-order valence-electron chi connectivity index (χ2n) is 4.61. The fraction of sp³-hybridized carbons (Fsp3) is 0.385. The first-order valence-electron chi connectivity index (χ1n) is 5.16. The number of rotatable bonds is 1. The molecule has 2 rings (SSSR count). The molecular weight excluding hydrogens is 251 g/mol. The van der Waals surface area contributed by atoms with Gasteiger partial charge in [-0.05, 0) is 0 Å². The van der Waals surface area contributed by atoms with Gasteiger partial charge in [-0.1, -0.05) is 0 Å². The van der Waals surface area contributed by atoms with E-state index < -0.39 is 0 Å². The molecule has 1 atom stereocenters. The molecule has 0 spiro atoms. The standard InChI is InChI=1S/C13H16OSe/c1-13(2,3)14-12-9-8-10-6-4-5-7-11(10)15-12/h4-9,12H,1-3H3. The molecule has 0 aromatic heterocycles. The maximum atomic E-state index is 5.98. The fourth-order valence-corrected chi connectivity index (χ4v) is 3.95. The molecule has 0 amide bonds. The van der Waals surface area contributed by atoms with E-state index in [-0.39, 0.29) is 10.6 Å². The van der Waals surface area contributed by atoms with Gasteiger partial charge < -0.3 is 0 Å². The molecule has 1 unspecified atom stereocenters. The number of ether oxygens (including phenoxy) is 1. The van der Waals surface area contributed by atoms with Crippen LogP contribution in [0.2, 0.25) is 0 Å². The van der Waals surface area contributed by atoms with Crippen LogP contribution in [-0.4, -0.2) is 25.6 Å². The molecule has 0 fully saturated rings. The average Bonchev–Trinajstić information content (AvgIpc) is 2.15. The van der Waals surface area contributed by atoms with Crippen LogP contribution in [0.25, 0.3) is 6.08 Å². The Balaban J connectivity index is 2.13. The maximum absolute atomic E-state index is 5.98. The van der Waals surface area contributed by atoms with Crippen molar-refractivity contribution in [3.63, 3.8) is 0 Å². The van der Waals surface area contributed by atoms with Gasteiger partial charge in [0, 0.05) is 0 Å². The van der Waals surface area contributed by atoms with Crippen LogP contribution >= 0.6 is 0 Å². The van der Waals surface area contributed by atoms with Crippen molar-refractivity contribution in [2.24, 2.45) is 0 Å². The van der Waals surface area contributed by atoms with Crippen molar-refractivity contribution in [3.05, 3.63) is 35.9 Å². The topological polar surface area (TPSA) is 9.23 Å². The molecule has 1 aromatic carbocycles. The Bertz CT molecular complexity index is 376. The van der Waals surface area contributed by atoms with Crippen molar-refractivity contribution in [1.29, 1.82) is 0 Å². The Morgan fingerprint density at radius 2 is 1.93 bits per heavy atom. The quantitative estimate of drug-likeness (QED) is 0.709. The van der Waals surface area contributed by atoms with Crippen molar-refractivity contribution >= 4 is 25.5 Å². The molecular formula is C13H16OSe. The van der Waals surface area contributed by atoms with Crippen LogP contribution < -0.4 is 4.46 Å². The Morgan fingerprint density at radius 1 is 1.20 bits per heavy atom. The summed E-state index contributed by atoms with van der Waals surface area (Å²) in [5.74, 6) is 0. The summed E-state index contributed by atoms with van der Waals surface area (Å²) < 4.78 is 7.42. The minimum atomic E-state index is -0.0525. The second kappa shape index (κ2) is 4.13. The van der Waals surface area contributed by atoms with Gasteiger partial charge in [-0.2, -0.15) is 0 Å². The van der Waals surface area contributed by atoms with E-state index in [4.69, 9.17) is 4.74 Å². The number of benzene rings is 1. The van der Waals surface area contributed by atoms with Crippen molar-refractivity contribution < 1.29 is 4.74 Å². The minimum absolute atomic E-state index is 0.0525. The molecule has 0 N–H and O–H groups in total. The number of hydrogen-bond donors (Lipinski definition) is 0. The zero-order chi connectivity index (χ0) is 10.9. The Hall–Kier alpha value is -0.561. The van der Waals surface area contributed by atoms with Crippen molar-refractivity contribution in [2.75, 3.05) is 0 Å². The molecule has 1 aliphatic rings. The Morgan fingerprint density at radius 3 is 2.67 bits per heavy atom. The van der Waals surface area contributed by atoms with Crippen LogP contribution in [0.15, 0.2) is 30.3 Å². The van der Waals surface area contributed by atoms with Crippen LogP contribution in [0, 0.1) is 0 Å². The summed E-state index contributed by atoms with van der Waals surface area (Å²) in [4.78, 5) is 0. The Labute approximate surface area is 97.7 Å². The van der Waals surface area contributed by atoms with E-state index >= 15 is 0 Å². The molecule has 80 valence electrons. The van der Waals surface area contributed by atoms with Gasteiger partial charge in [0.05, 0.1) is 0 Å². The zero-order valence-corrected chi connectivity index (χ0v) is 11.1. The molecule has 0 bridgehead atoms. The first-order chi connectivity index (χ1) is 7.04. The molecule has 1 nitrogen and oxygen atoms in total. The normalized spacial score (nSPS) is 20.1. The van der Waals surface area contributed by atoms with E-state index in [0.29, 0.717) is 15.0 Å². The first kappa shape index (κ1) is 10.9. The monoisotopic (exact) mass is 268 g/mol. The van der Waals surface area contributed by atoms with E-state index in [9.17, 15) is 0 Å². The van der Waals surface area contributed by atoms with E-state index in [2.05, 4.69) is 57.2 Å². The van der Waals surface area contributed by atoms with E-state index in [1.165, 1.54) is 10.0 Å². The van der Waals surface area contributed by atoms with Crippen LogP contribution in [0.1, 0.15) is 26.3 Å². The molecule has 0 aliphatic carbocycles. The van der Waals surface area contributed by atoms with Gasteiger partial charge in [0.2, 0.25) is 0 Å². The molecule has 2 heteroatoms. The van der Waals surface area contributed by atoms with Crippen molar-refractivity contribution in [1.82, 2.24) is 0 Å². The predicted octanol–water partition coefficient (Wildman–Crippen LogP) is 2.18. The van der Waals surface area contributed by atoms with E-state index in [0.717, 1.165) is 0 Å². The SMILES string of the molecule is CC(C)(C)OC1C=Cc2ccccc2[Se]1. The van der Waals surface area contributed by atoms with Gasteiger partial charge in [0.1, 0.15) is 0 Å². The van der Waals surface area contributed by atoms with Crippen LogP contribution in [0.5, 0.6) is 0 Å². The summed E-state index contributed by atoms with van der Waals surface area (Å²) >= 11 is 0.401. The fourth-order valence-electron chi connectivity index (χ4n) is 1.48. The Kier molecular flexibility index (Phi) is 3.01. The molecule has 1 aromatic rings. The summed E-state index contributed by atoms with van der Waals surface area (Å²) in [6.07, 6.45) is 4.37. The number of fused-ring (bicyclic) bond motifs is 1. The summed E-state index contributed by atoms with van der Waals surface area (Å²) in [6, 6.07) is 8.57. The third-order valence-electron chi connectivity index (χ3n) is 2.06. The first-order valence-corrected chi connectivity index (χ1v) is 7.01. The number of hydrogen-bond acceptors (Lipinski definition) is 1. The second-order valence-corrected chi connectivity index (χ2v) is 7.01. The molecule has 15 heavy (non-hydrogen) atoms. The van der Waals surface area contributed by atoms with Gasteiger partial charge in [-0.25, -0.2) is 0 Å². The third-order valence-corrected chi connectivity index (χ3v) is 4.40. The van der Waals surface area contributed by atoms with E-state index in [1.54, 1.807) is 0 Å². The van der Waals surface area contributed by atoms with Crippen molar-refractivity contribution in [2.45, 2.75) is 31.4 Å². The van der Waals surface area contributed by atoms with Gasteiger partial charge in [-0.3, -0.25) is 0 Å². The van der Waals surface area contributed by atoms with Crippen LogP contribution in [0.4, 0.5) is 0 Å². The molecule has 0 radical (unpaired) electrons. The summed E-state index contributed by atoms with van der Waals surface area (Å²) in [7, 11) is 0. The molecule has 1 aliphatic heterocycles.